The number of aliphatic hydroxyl groups excluding tert-OH is 1. The molecule has 0 saturated heterocycles. The van der Waals surface area contributed by atoms with Gasteiger partial charge < -0.3 is 19.5 Å². The van der Waals surface area contributed by atoms with Gasteiger partial charge in [-0.2, -0.15) is 0 Å². The van der Waals surface area contributed by atoms with Crippen molar-refractivity contribution >= 4 is 11.6 Å². The van der Waals surface area contributed by atoms with Crippen molar-refractivity contribution in [1.29, 1.82) is 0 Å². The summed E-state index contributed by atoms with van der Waals surface area (Å²) in [5.41, 5.74) is 1.39. The van der Waals surface area contributed by atoms with E-state index < -0.39 is 6.10 Å². The molecule has 1 amide bonds. The first kappa shape index (κ1) is 14.7. The van der Waals surface area contributed by atoms with Gasteiger partial charge in [0.05, 0.1) is 18.9 Å². The molecule has 1 aromatic carbocycles. The van der Waals surface area contributed by atoms with Crippen molar-refractivity contribution in [3.63, 3.8) is 0 Å². The van der Waals surface area contributed by atoms with Crippen LogP contribution in [0, 0.1) is 0 Å². The molecule has 5 heteroatoms. The number of benzene rings is 1. The molecule has 0 radical (unpaired) electrons. The van der Waals surface area contributed by atoms with Crippen LogP contribution in [0.3, 0.4) is 0 Å². The standard InChI is InChI=1S/C15H21NO4/c1-4-6-16-12-7-11(9-17)8-13(19-5-2)14(12)20-10(3)15(16)18/h7-8,10,17H,4-6,9H2,1-3H3. The highest BCUT2D eigenvalue weighted by Crippen LogP contribution is 2.43. The fraction of sp³-hybridized carbons (Fsp3) is 0.533. The van der Waals surface area contributed by atoms with Gasteiger partial charge in [-0.15, -0.1) is 0 Å². The Hall–Kier alpha value is -1.75. The summed E-state index contributed by atoms with van der Waals surface area (Å²) in [6.45, 7) is 6.67. The fourth-order valence-corrected chi connectivity index (χ4v) is 2.34. The molecule has 0 fully saturated rings. The number of rotatable bonds is 5. The summed E-state index contributed by atoms with van der Waals surface area (Å²) in [7, 11) is 0. The normalized spacial score (nSPS) is 17.7. The molecule has 1 heterocycles. The van der Waals surface area contributed by atoms with Crippen molar-refractivity contribution < 1.29 is 19.4 Å². The van der Waals surface area contributed by atoms with Crippen LogP contribution < -0.4 is 14.4 Å². The maximum Gasteiger partial charge on any atom is 0.267 e. The van der Waals surface area contributed by atoms with Gasteiger partial charge in [-0.3, -0.25) is 4.79 Å². The van der Waals surface area contributed by atoms with E-state index in [2.05, 4.69) is 0 Å². The number of carbonyl (C=O) groups is 1. The monoisotopic (exact) mass is 279 g/mol. The van der Waals surface area contributed by atoms with Crippen molar-refractivity contribution in [1.82, 2.24) is 0 Å². The highest BCUT2D eigenvalue weighted by molar-refractivity contribution is 6.00. The van der Waals surface area contributed by atoms with E-state index in [-0.39, 0.29) is 12.5 Å². The zero-order valence-corrected chi connectivity index (χ0v) is 12.2. The van der Waals surface area contributed by atoms with Gasteiger partial charge in [0, 0.05) is 6.54 Å². The third-order valence-electron chi connectivity index (χ3n) is 3.22. The summed E-state index contributed by atoms with van der Waals surface area (Å²) in [6.07, 6.45) is 0.332. The van der Waals surface area contributed by atoms with Crippen molar-refractivity contribution in [3.8, 4) is 11.5 Å². The number of ether oxygens (including phenoxy) is 2. The molecule has 20 heavy (non-hydrogen) atoms. The van der Waals surface area contributed by atoms with Gasteiger partial charge in [0.25, 0.3) is 5.91 Å². The highest BCUT2D eigenvalue weighted by Gasteiger charge is 2.33. The minimum Gasteiger partial charge on any atom is -0.490 e. The number of hydrogen-bond donors (Lipinski definition) is 1. The number of hydrogen-bond acceptors (Lipinski definition) is 4. The smallest absolute Gasteiger partial charge is 0.267 e. The summed E-state index contributed by atoms with van der Waals surface area (Å²) >= 11 is 0. The van der Waals surface area contributed by atoms with Crippen LogP contribution in [0.25, 0.3) is 0 Å². The molecular weight excluding hydrogens is 258 g/mol. The molecule has 110 valence electrons. The lowest BCUT2D eigenvalue weighted by atomic mass is 10.1. The maximum atomic E-state index is 12.2. The van der Waals surface area contributed by atoms with Crippen molar-refractivity contribution in [2.24, 2.45) is 0 Å². The topological polar surface area (TPSA) is 59.0 Å². The predicted octanol–water partition coefficient (Wildman–Crippen LogP) is 2.10. The highest BCUT2D eigenvalue weighted by atomic mass is 16.5. The second-order valence-electron chi connectivity index (χ2n) is 4.78. The molecule has 0 aromatic heterocycles. The van der Waals surface area contributed by atoms with E-state index in [9.17, 15) is 9.90 Å². The van der Waals surface area contributed by atoms with Gasteiger partial charge in [0.1, 0.15) is 0 Å². The van der Waals surface area contributed by atoms with Crippen molar-refractivity contribution in [2.45, 2.75) is 39.9 Å². The minimum absolute atomic E-state index is 0.0584. The molecule has 0 aliphatic carbocycles. The average Bonchev–Trinajstić information content (AvgIpc) is 2.44. The van der Waals surface area contributed by atoms with E-state index in [4.69, 9.17) is 9.47 Å². The molecule has 1 aliphatic heterocycles. The van der Waals surface area contributed by atoms with E-state index in [1.54, 1.807) is 24.0 Å². The summed E-state index contributed by atoms with van der Waals surface area (Å²) in [5, 5.41) is 9.37. The molecule has 5 nitrogen and oxygen atoms in total. The second-order valence-corrected chi connectivity index (χ2v) is 4.78. The molecular formula is C15H21NO4. The Bertz CT molecular complexity index is 501. The number of aliphatic hydroxyl groups is 1. The van der Waals surface area contributed by atoms with E-state index >= 15 is 0 Å². The number of nitrogens with zero attached hydrogens (tertiary/aromatic N) is 1. The van der Waals surface area contributed by atoms with E-state index in [1.165, 1.54) is 0 Å². The molecule has 1 atom stereocenters. The van der Waals surface area contributed by atoms with Crippen LogP contribution in [0.1, 0.15) is 32.8 Å². The Morgan fingerprint density at radius 1 is 1.40 bits per heavy atom. The van der Waals surface area contributed by atoms with Gasteiger partial charge >= 0.3 is 0 Å². The maximum absolute atomic E-state index is 12.2. The Balaban J connectivity index is 2.54. The van der Waals surface area contributed by atoms with E-state index in [1.807, 2.05) is 13.8 Å². The van der Waals surface area contributed by atoms with Crippen LogP contribution in [-0.2, 0) is 11.4 Å². The van der Waals surface area contributed by atoms with Crippen LogP contribution in [0.15, 0.2) is 12.1 Å². The van der Waals surface area contributed by atoms with Gasteiger partial charge in [-0.05, 0) is 38.0 Å². The van der Waals surface area contributed by atoms with Crippen molar-refractivity contribution in [3.05, 3.63) is 17.7 Å². The molecule has 1 aliphatic rings. The average molecular weight is 279 g/mol. The zero-order valence-electron chi connectivity index (χ0n) is 12.2. The van der Waals surface area contributed by atoms with E-state index in [0.29, 0.717) is 35.9 Å². The molecule has 0 bridgehead atoms. The molecule has 1 N–H and O–H groups in total. The number of amides is 1. The molecule has 0 spiro atoms. The Kier molecular flexibility index (Phi) is 4.49. The first-order chi connectivity index (χ1) is 9.62. The molecule has 2 rings (SSSR count). The third-order valence-corrected chi connectivity index (χ3v) is 3.22. The van der Waals surface area contributed by atoms with Crippen molar-refractivity contribution in [2.75, 3.05) is 18.1 Å². The van der Waals surface area contributed by atoms with Crippen LogP contribution in [0.2, 0.25) is 0 Å². The lowest BCUT2D eigenvalue weighted by molar-refractivity contribution is -0.125. The molecule has 1 unspecified atom stereocenters. The Morgan fingerprint density at radius 2 is 2.15 bits per heavy atom. The summed E-state index contributed by atoms with van der Waals surface area (Å²) in [4.78, 5) is 14.0. The van der Waals surface area contributed by atoms with Crippen LogP contribution in [-0.4, -0.2) is 30.3 Å². The van der Waals surface area contributed by atoms with E-state index in [0.717, 1.165) is 6.42 Å². The largest absolute Gasteiger partial charge is 0.490 e. The summed E-state index contributed by atoms with van der Waals surface area (Å²) in [6, 6.07) is 3.55. The number of fused-ring (bicyclic) bond motifs is 1. The fourth-order valence-electron chi connectivity index (χ4n) is 2.34. The van der Waals surface area contributed by atoms with Crippen LogP contribution >= 0.6 is 0 Å². The van der Waals surface area contributed by atoms with Crippen LogP contribution in [0.5, 0.6) is 11.5 Å². The van der Waals surface area contributed by atoms with Gasteiger partial charge in [0.15, 0.2) is 17.6 Å². The summed E-state index contributed by atoms with van der Waals surface area (Å²) in [5.74, 6) is 1.11. The Labute approximate surface area is 119 Å². The second kappa shape index (κ2) is 6.13. The quantitative estimate of drug-likeness (QED) is 0.896. The van der Waals surface area contributed by atoms with Gasteiger partial charge in [-0.25, -0.2) is 0 Å². The van der Waals surface area contributed by atoms with Gasteiger partial charge in [-0.1, -0.05) is 6.92 Å². The minimum atomic E-state index is -0.520. The summed E-state index contributed by atoms with van der Waals surface area (Å²) < 4.78 is 11.3. The number of carbonyl (C=O) groups excluding carboxylic acids is 1. The Morgan fingerprint density at radius 3 is 2.75 bits per heavy atom. The lowest BCUT2D eigenvalue weighted by Gasteiger charge is -2.34. The lowest BCUT2D eigenvalue weighted by Crippen LogP contribution is -2.45. The third kappa shape index (κ3) is 2.58. The molecule has 0 saturated carbocycles. The first-order valence-electron chi connectivity index (χ1n) is 7.00. The predicted molar refractivity (Wildman–Crippen MR) is 76.3 cm³/mol. The van der Waals surface area contributed by atoms with Gasteiger partial charge in [0.2, 0.25) is 0 Å². The molecule has 1 aromatic rings. The number of anilines is 1. The first-order valence-corrected chi connectivity index (χ1v) is 7.00. The SMILES string of the molecule is CCCN1C(=O)C(C)Oc2c(OCC)cc(CO)cc21. The zero-order chi connectivity index (χ0) is 14.7. The van der Waals surface area contributed by atoms with Crippen LogP contribution in [0.4, 0.5) is 5.69 Å².